The van der Waals surface area contributed by atoms with Crippen molar-refractivity contribution in [2.24, 2.45) is 0 Å². The highest BCUT2D eigenvalue weighted by Gasteiger charge is 2.12. The standard InChI is InChI=1S/C13H19NO3S/c1-9(14-13(15)8-18-4)10-5-6-11(16-2)12(7-10)17-3/h5-7,9H,8H2,1-4H3,(H,14,15). The van der Waals surface area contributed by atoms with Crippen molar-refractivity contribution in [2.75, 3.05) is 26.2 Å². The third-order valence-corrected chi connectivity index (χ3v) is 3.11. The molecule has 1 amide bonds. The van der Waals surface area contributed by atoms with Gasteiger partial charge in [-0.1, -0.05) is 6.07 Å². The molecule has 100 valence electrons. The van der Waals surface area contributed by atoms with Crippen molar-refractivity contribution >= 4 is 17.7 Å². The molecular formula is C13H19NO3S. The number of carbonyl (C=O) groups is 1. The number of ether oxygens (including phenoxy) is 2. The monoisotopic (exact) mass is 269 g/mol. The molecule has 0 bridgehead atoms. The number of hydrogen-bond donors (Lipinski definition) is 1. The quantitative estimate of drug-likeness (QED) is 0.860. The molecule has 1 unspecified atom stereocenters. The van der Waals surface area contributed by atoms with Crippen molar-refractivity contribution in [3.05, 3.63) is 23.8 Å². The smallest absolute Gasteiger partial charge is 0.230 e. The molecule has 1 aromatic rings. The SMILES string of the molecule is COc1ccc(C(C)NC(=O)CSC)cc1OC. The van der Waals surface area contributed by atoms with Gasteiger partial charge in [-0.05, 0) is 30.9 Å². The van der Waals surface area contributed by atoms with Crippen LogP contribution in [0, 0.1) is 0 Å². The molecule has 5 heteroatoms. The van der Waals surface area contributed by atoms with E-state index < -0.39 is 0 Å². The van der Waals surface area contributed by atoms with Crippen LogP contribution in [0.15, 0.2) is 18.2 Å². The predicted molar refractivity (Wildman–Crippen MR) is 74.5 cm³/mol. The summed E-state index contributed by atoms with van der Waals surface area (Å²) in [6, 6.07) is 5.59. The van der Waals surface area contributed by atoms with Gasteiger partial charge < -0.3 is 14.8 Å². The van der Waals surface area contributed by atoms with E-state index >= 15 is 0 Å². The van der Waals surface area contributed by atoms with E-state index in [1.165, 1.54) is 11.8 Å². The van der Waals surface area contributed by atoms with Crippen LogP contribution in [0.5, 0.6) is 11.5 Å². The maximum absolute atomic E-state index is 11.5. The van der Waals surface area contributed by atoms with Crippen molar-refractivity contribution < 1.29 is 14.3 Å². The van der Waals surface area contributed by atoms with Crippen LogP contribution >= 0.6 is 11.8 Å². The van der Waals surface area contributed by atoms with E-state index in [1.807, 2.05) is 31.4 Å². The summed E-state index contributed by atoms with van der Waals surface area (Å²) in [4.78, 5) is 11.5. The van der Waals surface area contributed by atoms with E-state index in [-0.39, 0.29) is 11.9 Å². The molecule has 0 radical (unpaired) electrons. The fourth-order valence-corrected chi connectivity index (χ4v) is 1.97. The normalized spacial score (nSPS) is 11.8. The van der Waals surface area contributed by atoms with Gasteiger partial charge in [-0.3, -0.25) is 4.79 Å². The van der Waals surface area contributed by atoms with E-state index in [4.69, 9.17) is 9.47 Å². The summed E-state index contributed by atoms with van der Waals surface area (Å²) in [5.74, 6) is 1.85. The molecule has 0 aliphatic carbocycles. The number of carbonyl (C=O) groups excluding carboxylic acids is 1. The Kier molecular flexibility index (Phi) is 5.85. The molecule has 0 saturated carbocycles. The zero-order chi connectivity index (χ0) is 13.5. The Labute approximate surface area is 112 Å². The van der Waals surface area contributed by atoms with Crippen LogP contribution in [0.3, 0.4) is 0 Å². The maximum atomic E-state index is 11.5. The first-order valence-corrected chi connectivity index (χ1v) is 7.02. The zero-order valence-corrected chi connectivity index (χ0v) is 12.0. The van der Waals surface area contributed by atoms with E-state index in [0.29, 0.717) is 17.3 Å². The number of amides is 1. The second-order valence-corrected chi connectivity index (χ2v) is 4.70. The highest BCUT2D eigenvalue weighted by molar-refractivity contribution is 7.99. The molecule has 1 aromatic carbocycles. The average Bonchev–Trinajstić information content (AvgIpc) is 2.38. The number of rotatable bonds is 6. The lowest BCUT2D eigenvalue weighted by Crippen LogP contribution is -2.28. The van der Waals surface area contributed by atoms with Gasteiger partial charge in [0.1, 0.15) is 0 Å². The molecule has 0 saturated heterocycles. The Bertz CT molecular complexity index is 409. The summed E-state index contributed by atoms with van der Waals surface area (Å²) in [5.41, 5.74) is 0.988. The molecule has 1 rings (SSSR count). The third kappa shape index (κ3) is 3.84. The van der Waals surface area contributed by atoms with Gasteiger partial charge in [-0.15, -0.1) is 0 Å². The molecule has 0 aliphatic rings. The van der Waals surface area contributed by atoms with Gasteiger partial charge in [0.15, 0.2) is 11.5 Å². The Balaban J connectivity index is 2.79. The van der Waals surface area contributed by atoms with Crippen LogP contribution < -0.4 is 14.8 Å². The van der Waals surface area contributed by atoms with Crippen LogP contribution in [0.2, 0.25) is 0 Å². The number of hydrogen-bond acceptors (Lipinski definition) is 4. The van der Waals surface area contributed by atoms with Gasteiger partial charge in [-0.2, -0.15) is 11.8 Å². The fraction of sp³-hybridized carbons (Fsp3) is 0.462. The Hall–Kier alpha value is -1.36. The molecule has 0 aliphatic heterocycles. The van der Waals surface area contributed by atoms with E-state index in [1.54, 1.807) is 14.2 Å². The van der Waals surface area contributed by atoms with E-state index in [2.05, 4.69) is 5.32 Å². The average molecular weight is 269 g/mol. The van der Waals surface area contributed by atoms with Gasteiger partial charge in [0.05, 0.1) is 26.0 Å². The van der Waals surface area contributed by atoms with Crippen molar-refractivity contribution in [1.82, 2.24) is 5.32 Å². The minimum atomic E-state index is -0.0514. The van der Waals surface area contributed by atoms with Crippen LogP contribution in [0.1, 0.15) is 18.5 Å². The lowest BCUT2D eigenvalue weighted by atomic mass is 10.1. The Morgan fingerprint density at radius 2 is 2.00 bits per heavy atom. The van der Waals surface area contributed by atoms with Crippen LogP contribution in [-0.4, -0.2) is 32.1 Å². The highest BCUT2D eigenvalue weighted by atomic mass is 32.2. The molecule has 1 N–H and O–H groups in total. The van der Waals surface area contributed by atoms with Gasteiger partial charge in [-0.25, -0.2) is 0 Å². The Morgan fingerprint density at radius 3 is 2.56 bits per heavy atom. The summed E-state index contributed by atoms with van der Waals surface area (Å²) in [6.07, 6.45) is 1.90. The lowest BCUT2D eigenvalue weighted by molar-refractivity contribution is -0.119. The summed E-state index contributed by atoms with van der Waals surface area (Å²) in [5, 5.41) is 2.93. The topological polar surface area (TPSA) is 47.6 Å². The van der Waals surface area contributed by atoms with Crippen LogP contribution in [-0.2, 0) is 4.79 Å². The molecule has 18 heavy (non-hydrogen) atoms. The molecule has 4 nitrogen and oxygen atoms in total. The fourth-order valence-electron chi connectivity index (χ4n) is 1.62. The van der Waals surface area contributed by atoms with Crippen molar-refractivity contribution in [3.8, 4) is 11.5 Å². The molecule has 1 atom stereocenters. The zero-order valence-electron chi connectivity index (χ0n) is 11.1. The highest BCUT2D eigenvalue weighted by Crippen LogP contribution is 2.29. The van der Waals surface area contributed by atoms with Gasteiger partial charge in [0, 0.05) is 0 Å². The van der Waals surface area contributed by atoms with E-state index in [0.717, 1.165) is 5.56 Å². The molecule has 0 fully saturated rings. The number of thioether (sulfide) groups is 1. The number of benzene rings is 1. The summed E-state index contributed by atoms with van der Waals surface area (Å²) < 4.78 is 10.4. The van der Waals surface area contributed by atoms with Gasteiger partial charge >= 0.3 is 0 Å². The summed E-state index contributed by atoms with van der Waals surface area (Å²) in [6.45, 7) is 1.94. The van der Waals surface area contributed by atoms with Crippen molar-refractivity contribution in [2.45, 2.75) is 13.0 Å². The van der Waals surface area contributed by atoms with Crippen molar-refractivity contribution in [3.63, 3.8) is 0 Å². The van der Waals surface area contributed by atoms with Crippen LogP contribution in [0.4, 0.5) is 0 Å². The minimum Gasteiger partial charge on any atom is -0.493 e. The van der Waals surface area contributed by atoms with Crippen molar-refractivity contribution in [1.29, 1.82) is 0 Å². The third-order valence-electron chi connectivity index (χ3n) is 2.56. The summed E-state index contributed by atoms with van der Waals surface area (Å²) in [7, 11) is 3.19. The first-order valence-electron chi connectivity index (χ1n) is 5.62. The first kappa shape index (κ1) is 14.7. The summed E-state index contributed by atoms with van der Waals surface area (Å²) >= 11 is 1.50. The largest absolute Gasteiger partial charge is 0.493 e. The van der Waals surface area contributed by atoms with Crippen LogP contribution in [0.25, 0.3) is 0 Å². The minimum absolute atomic E-state index is 0.0322. The number of nitrogens with one attached hydrogen (secondary N) is 1. The number of methoxy groups -OCH3 is 2. The molecule has 0 aromatic heterocycles. The first-order chi connectivity index (χ1) is 8.62. The predicted octanol–water partition coefficient (Wildman–Crippen LogP) is 2.24. The molecular weight excluding hydrogens is 250 g/mol. The van der Waals surface area contributed by atoms with E-state index in [9.17, 15) is 4.79 Å². The maximum Gasteiger partial charge on any atom is 0.230 e. The molecule has 0 heterocycles. The second kappa shape index (κ2) is 7.16. The Morgan fingerprint density at radius 1 is 1.33 bits per heavy atom. The second-order valence-electron chi connectivity index (χ2n) is 3.84. The van der Waals surface area contributed by atoms with Gasteiger partial charge in [0.2, 0.25) is 5.91 Å². The van der Waals surface area contributed by atoms with Gasteiger partial charge in [0.25, 0.3) is 0 Å². The lowest BCUT2D eigenvalue weighted by Gasteiger charge is -2.16. The molecule has 0 spiro atoms.